The molecule has 0 aromatic heterocycles. The van der Waals surface area contributed by atoms with E-state index in [1.807, 2.05) is 0 Å². The Labute approximate surface area is 103 Å². The summed E-state index contributed by atoms with van der Waals surface area (Å²) in [5, 5.41) is 12.7. The van der Waals surface area contributed by atoms with Crippen LogP contribution in [0.5, 0.6) is 0 Å². The molecule has 0 bridgehead atoms. The first-order valence-corrected chi connectivity index (χ1v) is 6.44. The number of allylic oxidation sites excluding steroid dienone is 1. The van der Waals surface area contributed by atoms with Gasteiger partial charge in [0, 0.05) is 6.54 Å². The molecule has 0 aromatic rings. The van der Waals surface area contributed by atoms with Gasteiger partial charge >= 0.3 is 5.97 Å². The Morgan fingerprint density at radius 2 is 2.47 bits per heavy atom. The number of aliphatic hydroxyl groups is 1. The first kappa shape index (κ1) is 14.2. The lowest BCUT2D eigenvalue weighted by atomic mass is 10.1. The molecule has 0 radical (unpaired) electrons. The number of hydrogen-bond donors (Lipinski definition) is 2. The van der Waals surface area contributed by atoms with Crippen molar-refractivity contribution >= 4 is 5.97 Å². The average Bonchev–Trinajstić information content (AvgIpc) is 2.77. The van der Waals surface area contributed by atoms with Crippen LogP contribution in [0.3, 0.4) is 0 Å². The highest BCUT2D eigenvalue weighted by Crippen LogP contribution is 2.19. The van der Waals surface area contributed by atoms with Gasteiger partial charge in [0.05, 0.1) is 19.1 Å². The second kappa shape index (κ2) is 8.25. The van der Waals surface area contributed by atoms with Gasteiger partial charge in [0.25, 0.3) is 0 Å². The zero-order valence-corrected chi connectivity index (χ0v) is 10.6. The number of carbonyl (C=O) groups is 1. The Hall–Kier alpha value is -0.870. The van der Waals surface area contributed by atoms with E-state index >= 15 is 0 Å². The lowest BCUT2D eigenvalue weighted by molar-refractivity contribution is -0.145. The molecule has 1 rings (SSSR count). The number of carbonyl (C=O) groups excluding carboxylic acids is 1. The normalized spacial score (nSPS) is 16.7. The lowest BCUT2D eigenvalue weighted by Crippen LogP contribution is -2.30. The second-order valence-corrected chi connectivity index (χ2v) is 4.37. The van der Waals surface area contributed by atoms with E-state index in [0.29, 0.717) is 13.2 Å². The third-order valence-corrected chi connectivity index (χ3v) is 2.85. The van der Waals surface area contributed by atoms with E-state index in [1.54, 1.807) is 6.92 Å². The summed E-state index contributed by atoms with van der Waals surface area (Å²) in [6, 6.07) is 0. The molecule has 4 heteroatoms. The van der Waals surface area contributed by atoms with Gasteiger partial charge in [-0.3, -0.25) is 4.79 Å². The maximum atomic E-state index is 11.1. The predicted octanol–water partition coefficient (Wildman–Crippen LogP) is 1.39. The fourth-order valence-electron chi connectivity index (χ4n) is 1.97. The molecule has 17 heavy (non-hydrogen) atoms. The number of hydrogen-bond acceptors (Lipinski definition) is 4. The van der Waals surface area contributed by atoms with Crippen LogP contribution in [-0.4, -0.2) is 36.9 Å². The second-order valence-electron chi connectivity index (χ2n) is 4.37. The molecular formula is C13H23NO3. The van der Waals surface area contributed by atoms with Crippen molar-refractivity contribution < 1.29 is 14.6 Å². The van der Waals surface area contributed by atoms with Gasteiger partial charge in [0.15, 0.2) is 0 Å². The maximum Gasteiger partial charge on any atom is 0.308 e. The predicted molar refractivity (Wildman–Crippen MR) is 66.7 cm³/mol. The van der Waals surface area contributed by atoms with Gasteiger partial charge < -0.3 is 15.2 Å². The molecule has 1 atom stereocenters. The number of ether oxygens (including phenoxy) is 1. The van der Waals surface area contributed by atoms with E-state index in [9.17, 15) is 9.90 Å². The van der Waals surface area contributed by atoms with E-state index in [0.717, 1.165) is 13.0 Å². The van der Waals surface area contributed by atoms with E-state index in [2.05, 4.69) is 11.4 Å². The molecule has 1 aliphatic carbocycles. The first-order valence-electron chi connectivity index (χ1n) is 6.44. The smallest absolute Gasteiger partial charge is 0.308 e. The summed E-state index contributed by atoms with van der Waals surface area (Å²) in [6.07, 6.45) is 6.48. The van der Waals surface area contributed by atoms with Crippen molar-refractivity contribution in [1.82, 2.24) is 5.32 Å². The van der Waals surface area contributed by atoms with Crippen molar-refractivity contribution in [2.24, 2.45) is 0 Å². The van der Waals surface area contributed by atoms with Crippen LogP contribution in [-0.2, 0) is 9.53 Å². The highest BCUT2D eigenvalue weighted by molar-refractivity contribution is 5.69. The molecule has 4 nitrogen and oxygen atoms in total. The van der Waals surface area contributed by atoms with Crippen molar-refractivity contribution in [1.29, 1.82) is 0 Å². The topological polar surface area (TPSA) is 58.6 Å². The Balaban J connectivity index is 1.99. The average molecular weight is 241 g/mol. The molecule has 0 aromatic carbocycles. The number of esters is 1. The minimum atomic E-state index is -0.647. The van der Waals surface area contributed by atoms with Crippen LogP contribution in [0.4, 0.5) is 0 Å². The summed E-state index contributed by atoms with van der Waals surface area (Å²) in [6.45, 7) is 3.45. The summed E-state index contributed by atoms with van der Waals surface area (Å²) >= 11 is 0. The van der Waals surface area contributed by atoms with E-state index < -0.39 is 6.10 Å². The fourth-order valence-corrected chi connectivity index (χ4v) is 1.97. The van der Waals surface area contributed by atoms with Crippen molar-refractivity contribution in [3.63, 3.8) is 0 Å². The van der Waals surface area contributed by atoms with Crippen LogP contribution in [0.2, 0.25) is 0 Å². The van der Waals surface area contributed by atoms with Crippen LogP contribution >= 0.6 is 0 Å². The monoisotopic (exact) mass is 241 g/mol. The zero-order chi connectivity index (χ0) is 12.5. The Bertz CT molecular complexity index is 263. The van der Waals surface area contributed by atoms with E-state index in [1.165, 1.54) is 24.8 Å². The van der Waals surface area contributed by atoms with Crippen LogP contribution in [0.15, 0.2) is 11.6 Å². The Kier molecular flexibility index (Phi) is 6.89. The molecule has 0 aliphatic heterocycles. The summed E-state index contributed by atoms with van der Waals surface area (Å²) in [5.41, 5.74) is 1.51. The van der Waals surface area contributed by atoms with Crippen molar-refractivity contribution in [3.8, 4) is 0 Å². The van der Waals surface area contributed by atoms with Crippen LogP contribution in [0.1, 0.15) is 39.0 Å². The van der Waals surface area contributed by atoms with E-state index in [4.69, 9.17) is 4.74 Å². The molecule has 0 saturated heterocycles. The van der Waals surface area contributed by atoms with Gasteiger partial charge in [-0.25, -0.2) is 0 Å². The van der Waals surface area contributed by atoms with Crippen LogP contribution in [0.25, 0.3) is 0 Å². The molecule has 1 unspecified atom stereocenters. The van der Waals surface area contributed by atoms with Crippen molar-refractivity contribution in [2.45, 2.75) is 45.1 Å². The number of rotatable bonds is 8. The summed E-state index contributed by atoms with van der Waals surface area (Å²) in [4.78, 5) is 11.1. The minimum absolute atomic E-state index is 0.0730. The third-order valence-electron chi connectivity index (χ3n) is 2.85. The Morgan fingerprint density at radius 3 is 3.12 bits per heavy atom. The molecule has 2 N–H and O–H groups in total. The third kappa shape index (κ3) is 6.44. The van der Waals surface area contributed by atoms with Crippen molar-refractivity contribution in [2.75, 3.05) is 19.7 Å². The zero-order valence-electron chi connectivity index (χ0n) is 10.6. The van der Waals surface area contributed by atoms with Gasteiger partial charge in [-0.2, -0.15) is 0 Å². The molecule has 0 amide bonds. The van der Waals surface area contributed by atoms with Crippen LogP contribution < -0.4 is 5.32 Å². The number of nitrogens with one attached hydrogen (secondary N) is 1. The largest absolute Gasteiger partial charge is 0.466 e. The Morgan fingerprint density at radius 1 is 1.65 bits per heavy atom. The molecule has 98 valence electrons. The maximum absolute atomic E-state index is 11.1. The summed E-state index contributed by atoms with van der Waals surface area (Å²) in [5.74, 6) is -0.333. The molecule has 0 spiro atoms. The lowest BCUT2D eigenvalue weighted by Gasteiger charge is -2.11. The van der Waals surface area contributed by atoms with Gasteiger partial charge in [-0.1, -0.05) is 11.6 Å². The van der Waals surface area contributed by atoms with Gasteiger partial charge in [0.1, 0.15) is 0 Å². The molecule has 0 fully saturated rings. The molecule has 0 saturated carbocycles. The van der Waals surface area contributed by atoms with Crippen LogP contribution in [0, 0.1) is 0 Å². The number of aliphatic hydroxyl groups excluding tert-OH is 1. The quantitative estimate of drug-likeness (QED) is 0.383. The van der Waals surface area contributed by atoms with Crippen molar-refractivity contribution in [3.05, 3.63) is 11.6 Å². The SMILES string of the molecule is CCOC(=O)CC(O)CNCCC1=CCCC1. The molecule has 0 heterocycles. The summed E-state index contributed by atoms with van der Waals surface area (Å²) in [7, 11) is 0. The van der Waals surface area contributed by atoms with Gasteiger partial charge in [-0.05, 0) is 39.2 Å². The van der Waals surface area contributed by atoms with E-state index in [-0.39, 0.29) is 12.4 Å². The highest BCUT2D eigenvalue weighted by atomic mass is 16.5. The van der Waals surface area contributed by atoms with Gasteiger partial charge in [0.2, 0.25) is 0 Å². The minimum Gasteiger partial charge on any atom is -0.466 e. The van der Waals surface area contributed by atoms with Gasteiger partial charge in [-0.15, -0.1) is 0 Å². The first-order chi connectivity index (χ1) is 8.22. The highest BCUT2D eigenvalue weighted by Gasteiger charge is 2.11. The fraction of sp³-hybridized carbons (Fsp3) is 0.769. The molecule has 1 aliphatic rings. The summed E-state index contributed by atoms with van der Waals surface area (Å²) < 4.78 is 4.76. The standard InChI is InChI=1S/C13H23NO3/c1-2-17-13(16)9-12(15)10-14-8-7-11-5-3-4-6-11/h5,12,14-15H,2-4,6-10H2,1H3. The molecular weight excluding hydrogens is 218 g/mol.